The van der Waals surface area contributed by atoms with Gasteiger partial charge in [-0.1, -0.05) is 11.8 Å². The predicted molar refractivity (Wildman–Crippen MR) is 74.7 cm³/mol. The highest BCUT2D eigenvalue weighted by Gasteiger charge is 2.33. The number of nitro groups is 1. The van der Waals surface area contributed by atoms with E-state index < -0.39 is 4.92 Å². The summed E-state index contributed by atoms with van der Waals surface area (Å²) in [6, 6.07) is 1.39. The Morgan fingerprint density at radius 3 is 2.85 bits per heavy atom. The number of hydrogen-bond donors (Lipinski definition) is 0. The van der Waals surface area contributed by atoms with Gasteiger partial charge >= 0.3 is 0 Å². The number of rotatable bonds is 3. The molecule has 0 aromatic carbocycles. The van der Waals surface area contributed by atoms with E-state index >= 15 is 0 Å². The van der Waals surface area contributed by atoms with Crippen molar-refractivity contribution in [2.24, 2.45) is 0 Å². The number of carbonyl (C=O) groups excluding carboxylic acids is 2. The Morgan fingerprint density at radius 1 is 1.60 bits per heavy atom. The van der Waals surface area contributed by atoms with E-state index in [1.165, 1.54) is 17.9 Å². The molecule has 1 aliphatic heterocycles. The Labute approximate surface area is 119 Å². The Kier molecular flexibility index (Phi) is 4.03. The van der Waals surface area contributed by atoms with Crippen LogP contribution >= 0.6 is 11.8 Å². The van der Waals surface area contributed by atoms with Gasteiger partial charge in [0.15, 0.2) is 5.12 Å². The highest BCUT2D eigenvalue weighted by molar-refractivity contribution is 8.14. The van der Waals surface area contributed by atoms with Gasteiger partial charge in [-0.15, -0.1) is 0 Å². The van der Waals surface area contributed by atoms with Crippen molar-refractivity contribution in [3.8, 4) is 0 Å². The molecular weight excluding hydrogens is 282 g/mol. The number of aryl methyl sites for hydroxylation is 1. The summed E-state index contributed by atoms with van der Waals surface area (Å²) in [6.07, 6.45) is 1.42. The second kappa shape index (κ2) is 5.58. The van der Waals surface area contributed by atoms with E-state index in [0.717, 1.165) is 18.0 Å². The molecule has 7 nitrogen and oxygen atoms in total. The fraction of sp³-hybridized carbons (Fsp3) is 0.417. The van der Waals surface area contributed by atoms with Crippen molar-refractivity contribution < 1.29 is 14.5 Å². The highest BCUT2D eigenvalue weighted by atomic mass is 32.2. The number of hydrogen-bond acceptors (Lipinski definition) is 6. The third-order valence-electron chi connectivity index (χ3n) is 2.92. The normalized spacial score (nSPS) is 18.4. The van der Waals surface area contributed by atoms with Gasteiger partial charge in [0.1, 0.15) is 12.0 Å². The molecule has 1 amide bonds. The van der Waals surface area contributed by atoms with E-state index in [1.807, 2.05) is 0 Å². The molecule has 106 valence electrons. The summed E-state index contributed by atoms with van der Waals surface area (Å²) in [5.74, 6) is 0.306. The zero-order chi connectivity index (χ0) is 14.9. The lowest BCUT2D eigenvalue weighted by molar-refractivity contribution is -0.385. The summed E-state index contributed by atoms with van der Waals surface area (Å²) in [6.45, 7) is 3.54. The summed E-state index contributed by atoms with van der Waals surface area (Å²) < 4.78 is 0. The second-order valence-electron chi connectivity index (χ2n) is 4.53. The predicted octanol–water partition coefficient (Wildman–Crippen LogP) is 1.68. The van der Waals surface area contributed by atoms with E-state index in [2.05, 4.69) is 4.98 Å². The molecule has 0 saturated carbocycles. The maximum absolute atomic E-state index is 12.0. The van der Waals surface area contributed by atoms with Crippen LogP contribution in [0.5, 0.6) is 0 Å². The van der Waals surface area contributed by atoms with Crippen molar-refractivity contribution >= 4 is 34.3 Å². The first-order chi connectivity index (χ1) is 9.38. The van der Waals surface area contributed by atoms with Crippen molar-refractivity contribution in [2.75, 3.05) is 11.4 Å². The van der Waals surface area contributed by atoms with Crippen LogP contribution in [0.15, 0.2) is 12.3 Å². The van der Waals surface area contributed by atoms with E-state index in [-0.39, 0.29) is 28.4 Å². The molecule has 1 atom stereocenters. The average molecular weight is 295 g/mol. The summed E-state index contributed by atoms with van der Waals surface area (Å²) in [4.78, 5) is 38.7. The number of aromatic nitrogens is 1. The monoisotopic (exact) mass is 295 g/mol. The van der Waals surface area contributed by atoms with Gasteiger partial charge in [0.25, 0.3) is 5.69 Å². The lowest BCUT2D eigenvalue weighted by Crippen LogP contribution is -2.26. The van der Waals surface area contributed by atoms with Gasteiger partial charge in [-0.2, -0.15) is 0 Å². The van der Waals surface area contributed by atoms with Crippen LogP contribution in [-0.2, 0) is 9.59 Å². The topological polar surface area (TPSA) is 93.4 Å². The molecule has 1 aliphatic rings. The largest absolute Gasteiger partial charge is 0.295 e. The maximum atomic E-state index is 12.0. The van der Waals surface area contributed by atoms with E-state index in [9.17, 15) is 19.7 Å². The van der Waals surface area contributed by atoms with Gasteiger partial charge < -0.3 is 0 Å². The first-order valence-corrected chi connectivity index (χ1v) is 6.85. The molecule has 2 heterocycles. The van der Waals surface area contributed by atoms with Gasteiger partial charge in [0.2, 0.25) is 5.91 Å². The van der Waals surface area contributed by atoms with Crippen LogP contribution in [0, 0.1) is 17.0 Å². The lowest BCUT2D eigenvalue weighted by Gasteiger charge is -2.17. The van der Waals surface area contributed by atoms with Crippen molar-refractivity contribution in [3.63, 3.8) is 0 Å². The van der Waals surface area contributed by atoms with Gasteiger partial charge in [-0.05, 0) is 12.5 Å². The van der Waals surface area contributed by atoms with Crippen LogP contribution in [0.1, 0.15) is 18.9 Å². The molecule has 1 unspecified atom stereocenters. The number of nitrogens with zero attached hydrogens (tertiary/aromatic N) is 3. The van der Waals surface area contributed by atoms with Crippen molar-refractivity contribution in [2.45, 2.75) is 25.5 Å². The Bertz CT molecular complexity index is 590. The SMILES string of the molecule is CC(=O)SC1CC(=O)N(c2ncc([N+](=O)[O-])cc2C)C1. The Hall–Kier alpha value is -1.96. The molecule has 20 heavy (non-hydrogen) atoms. The number of thioether (sulfide) groups is 1. The standard InChI is InChI=1S/C12H13N3O4S/c1-7-3-9(15(18)19)5-13-12(7)14-6-10(4-11(14)17)20-8(2)16/h3,5,10H,4,6H2,1-2H3. The van der Waals surface area contributed by atoms with Gasteiger partial charge in [-0.3, -0.25) is 24.6 Å². The van der Waals surface area contributed by atoms with Gasteiger partial charge in [0, 0.05) is 31.2 Å². The van der Waals surface area contributed by atoms with Crippen molar-refractivity contribution in [1.82, 2.24) is 4.98 Å². The van der Waals surface area contributed by atoms with Crippen LogP contribution in [-0.4, -0.2) is 32.7 Å². The molecule has 0 radical (unpaired) electrons. The van der Waals surface area contributed by atoms with Crippen molar-refractivity contribution in [3.05, 3.63) is 27.9 Å². The molecular formula is C12H13N3O4S. The van der Waals surface area contributed by atoms with Crippen LogP contribution in [0.3, 0.4) is 0 Å². The molecule has 0 aliphatic carbocycles. The van der Waals surface area contributed by atoms with Crippen molar-refractivity contribution in [1.29, 1.82) is 0 Å². The fourth-order valence-corrected chi connectivity index (χ4v) is 3.05. The third kappa shape index (κ3) is 2.96. The molecule has 1 aromatic rings. The Balaban J connectivity index is 2.22. The summed E-state index contributed by atoms with van der Waals surface area (Å²) in [5.41, 5.74) is 0.466. The molecule has 0 bridgehead atoms. The lowest BCUT2D eigenvalue weighted by atomic mass is 10.2. The quantitative estimate of drug-likeness (QED) is 0.622. The first kappa shape index (κ1) is 14.4. The molecule has 1 aromatic heterocycles. The minimum atomic E-state index is -0.524. The fourth-order valence-electron chi connectivity index (χ4n) is 2.13. The molecule has 2 rings (SSSR count). The second-order valence-corrected chi connectivity index (χ2v) is 6.01. The average Bonchev–Trinajstić information content (AvgIpc) is 2.68. The van der Waals surface area contributed by atoms with Crippen LogP contribution in [0.4, 0.5) is 11.5 Å². The van der Waals surface area contributed by atoms with E-state index in [0.29, 0.717) is 17.9 Å². The molecule has 0 N–H and O–H groups in total. The first-order valence-electron chi connectivity index (χ1n) is 5.97. The number of anilines is 1. The molecule has 0 spiro atoms. The summed E-state index contributed by atoms with van der Waals surface area (Å²) >= 11 is 1.14. The number of amides is 1. The highest BCUT2D eigenvalue weighted by Crippen LogP contribution is 2.30. The molecule has 8 heteroatoms. The van der Waals surface area contributed by atoms with Crippen LogP contribution < -0.4 is 4.90 Å². The third-order valence-corrected chi connectivity index (χ3v) is 3.91. The number of pyridine rings is 1. The molecule has 1 saturated heterocycles. The van der Waals surface area contributed by atoms with E-state index in [4.69, 9.17) is 0 Å². The van der Waals surface area contributed by atoms with E-state index in [1.54, 1.807) is 6.92 Å². The maximum Gasteiger partial charge on any atom is 0.287 e. The zero-order valence-electron chi connectivity index (χ0n) is 11.0. The van der Waals surface area contributed by atoms with Crippen LogP contribution in [0.2, 0.25) is 0 Å². The minimum Gasteiger partial charge on any atom is -0.295 e. The number of carbonyl (C=O) groups is 2. The van der Waals surface area contributed by atoms with Gasteiger partial charge in [0.05, 0.1) is 4.92 Å². The molecule has 1 fully saturated rings. The zero-order valence-corrected chi connectivity index (χ0v) is 11.8. The Morgan fingerprint density at radius 2 is 2.30 bits per heavy atom. The van der Waals surface area contributed by atoms with Crippen LogP contribution in [0.25, 0.3) is 0 Å². The van der Waals surface area contributed by atoms with Gasteiger partial charge in [-0.25, -0.2) is 4.98 Å². The summed E-state index contributed by atoms with van der Waals surface area (Å²) in [5, 5.41) is 10.6. The summed E-state index contributed by atoms with van der Waals surface area (Å²) in [7, 11) is 0. The smallest absolute Gasteiger partial charge is 0.287 e. The minimum absolute atomic E-state index is 0.0296.